The number of nitrogens with one attached hydrogen (secondary N) is 1. The Kier molecular flexibility index (Phi) is 3.21. The zero-order valence-electron chi connectivity index (χ0n) is 10.1. The fourth-order valence-electron chi connectivity index (χ4n) is 1.89. The molecule has 3 rings (SSSR count). The molecule has 19 heavy (non-hydrogen) atoms. The molecule has 1 N–H and O–H groups in total. The van der Waals surface area contributed by atoms with Crippen molar-refractivity contribution >= 4 is 23.2 Å². The molecule has 0 aliphatic rings. The Hall–Kier alpha value is -2.26. The molecule has 94 valence electrons. The summed E-state index contributed by atoms with van der Waals surface area (Å²) in [6.45, 7) is 0. The van der Waals surface area contributed by atoms with Gasteiger partial charge in [0.05, 0.1) is 0 Å². The zero-order valence-corrected chi connectivity index (χ0v) is 10.9. The first kappa shape index (κ1) is 11.8. The first-order valence-corrected chi connectivity index (χ1v) is 6.32. The van der Waals surface area contributed by atoms with Crippen molar-refractivity contribution in [3.63, 3.8) is 0 Å². The van der Waals surface area contributed by atoms with Crippen molar-refractivity contribution in [3.8, 4) is 5.69 Å². The van der Waals surface area contributed by atoms with Crippen LogP contribution in [0.25, 0.3) is 5.69 Å². The summed E-state index contributed by atoms with van der Waals surface area (Å²) < 4.78 is 1.99. The van der Waals surface area contributed by atoms with Gasteiger partial charge < -0.3 is 5.32 Å². The summed E-state index contributed by atoms with van der Waals surface area (Å²) in [5, 5.41) is 3.96. The average Bonchev–Trinajstić information content (AvgIpc) is 2.88. The van der Waals surface area contributed by atoms with Crippen molar-refractivity contribution < 1.29 is 0 Å². The highest BCUT2D eigenvalue weighted by molar-refractivity contribution is 6.30. The lowest BCUT2D eigenvalue weighted by molar-refractivity contribution is 1.06. The van der Waals surface area contributed by atoms with Crippen LogP contribution in [-0.4, -0.2) is 9.55 Å². The monoisotopic (exact) mass is 269 g/mol. The Morgan fingerprint density at radius 3 is 2.63 bits per heavy atom. The van der Waals surface area contributed by atoms with Gasteiger partial charge in [-0.25, -0.2) is 4.98 Å². The Balaban J connectivity index is 1.93. The fourth-order valence-corrected chi connectivity index (χ4v) is 2.08. The molecular formula is C15H12ClN3. The van der Waals surface area contributed by atoms with E-state index in [1.165, 1.54) is 0 Å². The van der Waals surface area contributed by atoms with Gasteiger partial charge in [0.2, 0.25) is 5.95 Å². The third kappa shape index (κ3) is 2.61. The molecule has 1 aromatic heterocycles. The first-order chi connectivity index (χ1) is 9.33. The highest BCUT2D eigenvalue weighted by Crippen LogP contribution is 2.21. The van der Waals surface area contributed by atoms with Gasteiger partial charge in [0.25, 0.3) is 0 Å². The van der Waals surface area contributed by atoms with Crippen molar-refractivity contribution in [2.45, 2.75) is 0 Å². The Morgan fingerprint density at radius 1 is 1.00 bits per heavy atom. The summed E-state index contributed by atoms with van der Waals surface area (Å²) in [6, 6.07) is 17.6. The minimum Gasteiger partial charge on any atom is -0.325 e. The topological polar surface area (TPSA) is 29.9 Å². The number of para-hydroxylation sites is 1. The molecule has 2 aromatic carbocycles. The van der Waals surface area contributed by atoms with Gasteiger partial charge in [0, 0.05) is 28.8 Å². The standard InChI is InChI=1S/C15H12ClN3/c16-12-5-4-6-13(11-12)18-15-17-9-10-19(15)14-7-2-1-3-8-14/h1-11H,(H,17,18). The van der Waals surface area contributed by atoms with Crippen molar-refractivity contribution in [2.24, 2.45) is 0 Å². The molecule has 0 spiro atoms. The van der Waals surface area contributed by atoms with Crippen LogP contribution in [0.1, 0.15) is 0 Å². The van der Waals surface area contributed by atoms with Gasteiger partial charge in [-0.2, -0.15) is 0 Å². The molecule has 0 fully saturated rings. The summed E-state index contributed by atoms with van der Waals surface area (Å²) in [5.74, 6) is 0.758. The molecule has 3 nitrogen and oxygen atoms in total. The van der Waals surface area contributed by atoms with Crippen LogP contribution in [0.3, 0.4) is 0 Å². The van der Waals surface area contributed by atoms with Crippen LogP contribution in [0.5, 0.6) is 0 Å². The normalized spacial score (nSPS) is 10.4. The van der Waals surface area contributed by atoms with Gasteiger partial charge in [0.15, 0.2) is 0 Å². The Bertz CT molecular complexity index is 677. The highest BCUT2D eigenvalue weighted by Gasteiger charge is 2.04. The third-order valence-corrected chi connectivity index (χ3v) is 2.99. The summed E-state index contributed by atoms with van der Waals surface area (Å²) in [5.41, 5.74) is 1.97. The van der Waals surface area contributed by atoms with E-state index in [0.717, 1.165) is 17.3 Å². The first-order valence-electron chi connectivity index (χ1n) is 5.94. The molecular weight excluding hydrogens is 258 g/mol. The maximum absolute atomic E-state index is 5.97. The van der Waals surface area contributed by atoms with Crippen molar-refractivity contribution in [2.75, 3.05) is 5.32 Å². The number of anilines is 2. The number of hydrogen-bond acceptors (Lipinski definition) is 2. The van der Waals surface area contributed by atoms with E-state index >= 15 is 0 Å². The number of rotatable bonds is 3. The van der Waals surface area contributed by atoms with E-state index in [-0.39, 0.29) is 0 Å². The lowest BCUT2D eigenvalue weighted by atomic mass is 10.3. The molecule has 0 amide bonds. The maximum Gasteiger partial charge on any atom is 0.212 e. The van der Waals surface area contributed by atoms with Gasteiger partial charge in [-0.3, -0.25) is 4.57 Å². The molecule has 0 saturated heterocycles. The van der Waals surface area contributed by atoms with Crippen LogP contribution in [0.4, 0.5) is 11.6 Å². The number of halogens is 1. The summed E-state index contributed by atoms with van der Waals surface area (Å²) in [4.78, 5) is 4.33. The minimum absolute atomic E-state index is 0.697. The lowest BCUT2D eigenvalue weighted by Gasteiger charge is -2.09. The summed E-state index contributed by atoms with van der Waals surface area (Å²) >= 11 is 5.97. The van der Waals surface area contributed by atoms with E-state index in [2.05, 4.69) is 10.3 Å². The number of imidazole rings is 1. The summed E-state index contributed by atoms with van der Waals surface area (Å²) in [6.07, 6.45) is 3.68. The fraction of sp³-hybridized carbons (Fsp3) is 0. The quantitative estimate of drug-likeness (QED) is 0.769. The average molecular weight is 270 g/mol. The van der Waals surface area contributed by atoms with Crippen LogP contribution in [0.15, 0.2) is 67.0 Å². The molecule has 0 unspecified atom stereocenters. The lowest BCUT2D eigenvalue weighted by Crippen LogP contribution is -2.00. The van der Waals surface area contributed by atoms with Gasteiger partial charge in [0.1, 0.15) is 0 Å². The second-order valence-corrected chi connectivity index (χ2v) is 4.53. The number of hydrogen-bond donors (Lipinski definition) is 1. The number of benzene rings is 2. The van der Waals surface area contributed by atoms with Gasteiger partial charge >= 0.3 is 0 Å². The van der Waals surface area contributed by atoms with Crippen LogP contribution < -0.4 is 5.32 Å². The van der Waals surface area contributed by atoms with E-state index in [1.54, 1.807) is 6.20 Å². The highest BCUT2D eigenvalue weighted by atomic mass is 35.5. The smallest absolute Gasteiger partial charge is 0.212 e. The predicted octanol–water partition coefficient (Wildman–Crippen LogP) is 4.27. The minimum atomic E-state index is 0.697. The molecule has 1 heterocycles. The van der Waals surface area contributed by atoms with Gasteiger partial charge in [-0.1, -0.05) is 35.9 Å². The molecule has 4 heteroatoms. The Labute approximate surface area is 116 Å². The van der Waals surface area contributed by atoms with Crippen LogP contribution in [-0.2, 0) is 0 Å². The second-order valence-electron chi connectivity index (χ2n) is 4.09. The van der Waals surface area contributed by atoms with E-state index in [0.29, 0.717) is 5.02 Å². The third-order valence-electron chi connectivity index (χ3n) is 2.76. The zero-order chi connectivity index (χ0) is 13.1. The van der Waals surface area contributed by atoms with E-state index in [4.69, 9.17) is 11.6 Å². The van der Waals surface area contributed by atoms with Crippen molar-refractivity contribution in [1.82, 2.24) is 9.55 Å². The molecule has 0 bridgehead atoms. The SMILES string of the molecule is Clc1cccc(Nc2nccn2-c2ccccc2)c1. The molecule has 0 atom stereocenters. The molecule has 0 aliphatic carbocycles. The largest absolute Gasteiger partial charge is 0.325 e. The van der Waals surface area contributed by atoms with Gasteiger partial charge in [-0.05, 0) is 30.3 Å². The van der Waals surface area contributed by atoms with E-state index < -0.39 is 0 Å². The van der Waals surface area contributed by atoms with E-state index in [9.17, 15) is 0 Å². The molecule has 0 radical (unpaired) electrons. The van der Waals surface area contributed by atoms with Crippen LogP contribution in [0, 0.1) is 0 Å². The van der Waals surface area contributed by atoms with Crippen molar-refractivity contribution in [3.05, 3.63) is 72.0 Å². The number of nitrogens with zero attached hydrogens (tertiary/aromatic N) is 2. The van der Waals surface area contributed by atoms with Crippen molar-refractivity contribution in [1.29, 1.82) is 0 Å². The molecule has 3 aromatic rings. The summed E-state index contributed by atoms with van der Waals surface area (Å²) in [7, 11) is 0. The molecule has 0 saturated carbocycles. The molecule has 0 aliphatic heterocycles. The maximum atomic E-state index is 5.97. The predicted molar refractivity (Wildman–Crippen MR) is 78.3 cm³/mol. The Morgan fingerprint density at radius 2 is 1.84 bits per heavy atom. The van der Waals surface area contributed by atoms with Crippen LogP contribution >= 0.6 is 11.6 Å². The van der Waals surface area contributed by atoms with Gasteiger partial charge in [-0.15, -0.1) is 0 Å². The van der Waals surface area contributed by atoms with E-state index in [1.807, 2.05) is 65.4 Å². The second kappa shape index (κ2) is 5.16. The van der Waals surface area contributed by atoms with Crippen LogP contribution in [0.2, 0.25) is 5.02 Å². The number of aromatic nitrogens is 2.